The van der Waals surface area contributed by atoms with E-state index in [1.807, 2.05) is 60.7 Å². The highest BCUT2D eigenvalue weighted by molar-refractivity contribution is 8.00. The third kappa shape index (κ3) is 8.48. The number of β-lactam (4-membered cyclic amide) rings is 1. The Morgan fingerprint density at radius 3 is 2.04 bits per heavy atom. The highest BCUT2D eigenvalue weighted by atomic mass is 32.2. The van der Waals surface area contributed by atoms with Gasteiger partial charge in [-0.25, -0.2) is 9.59 Å². The zero-order valence-electron chi connectivity index (χ0n) is 30.6. The molecule has 1 saturated heterocycles. The van der Waals surface area contributed by atoms with Gasteiger partial charge in [-0.2, -0.15) is 0 Å². The first-order valence-electron chi connectivity index (χ1n) is 17.4. The van der Waals surface area contributed by atoms with Crippen LogP contribution < -0.4 is 15.4 Å². The normalized spacial score (nSPS) is 17.9. The summed E-state index contributed by atoms with van der Waals surface area (Å²) in [5.41, 5.74) is 0.456. The van der Waals surface area contributed by atoms with Crippen molar-refractivity contribution in [1.29, 1.82) is 0 Å². The predicted octanol–water partition coefficient (Wildman–Crippen LogP) is 4.89. The first kappa shape index (κ1) is 39.4. The topological polar surface area (TPSA) is 179 Å². The quantitative estimate of drug-likeness (QED) is 0.0684. The number of benzene rings is 4. The fraction of sp³-hybridized carbons (Fsp3) is 0.244. The number of phenols is 1. The molecule has 0 aliphatic carbocycles. The molecule has 4 aromatic rings. The molecule has 14 nitrogen and oxygen atoms in total. The Morgan fingerprint density at radius 2 is 1.46 bits per heavy atom. The molecule has 56 heavy (non-hydrogen) atoms. The summed E-state index contributed by atoms with van der Waals surface area (Å²) in [4.78, 5) is 68.8. The van der Waals surface area contributed by atoms with Crippen molar-refractivity contribution < 1.29 is 52.8 Å². The number of carbonyl (C=O) groups is 5. The Bertz CT molecular complexity index is 2060. The molecule has 3 N–H and O–H groups in total. The van der Waals surface area contributed by atoms with Crippen molar-refractivity contribution >= 4 is 41.6 Å². The van der Waals surface area contributed by atoms with E-state index < -0.39 is 53.1 Å². The van der Waals surface area contributed by atoms with Crippen molar-refractivity contribution in [2.75, 3.05) is 26.6 Å². The van der Waals surface area contributed by atoms with Crippen LogP contribution in [0.15, 0.2) is 120 Å². The van der Waals surface area contributed by atoms with E-state index in [-0.39, 0.29) is 36.0 Å². The number of carbonyl (C=O) groups excluding carboxylic acids is 5. The average Bonchev–Trinajstić information content (AvgIpc) is 3.22. The highest BCUT2D eigenvalue weighted by Crippen LogP contribution is 2.47. The molecule has 0 radical (unpaired) electrons. The number of thioether (sulfide) groups is 1. The van der Waals surface area contributed by atoms with E-state index in [1.165, 1.54) is 57.2 Å². The molecule has 1 unspecified atom stereocenters. The van der Waals surface area contributed by atoms with Crippen molar-refractivity contribution in [2.24, 2.45) is 0 Å². The Hall–Kier alpha value is -6.32. The molecule has 2 aliphatic heterocycles. The van der Waals surface area contributed by atoms with E-state index in [4.69, 9.17) is 23.7 Å². The summed E-state index contributed by atoms with van der Waals surface area (Å²) in [7, 11) is 2.77. The first-order valence-corrected chi connectivity index (χ1v) is 18.4. The minimum atomic E-state index is -2.00. The minimum Gasteiger partial charge on any atom is -0.508 e. The smallest absolute Gasteiger partial charge is 0.408 e. The van der Waals surface area contributed by atoms with E-state index in [0.29, 0.717) is 28.0 Å². The summed E-state index contributed by atoms with van der Waals surface area (Å²) >= 11 is 1.17. The molecule has 3 amide bonds. The van der Waals surface area contributed by atoms with E-state index in [2.05, 4.69) is 10.6 Å². The minimum absolute atomic E-state index is 0.0794. The monoisotopic (exact) mass is 781 g/mol. The number of alkyl carbamates (subject to hydrolysis) is 1. The number of fused-ring (bicyclic) bond motifs is 1. The number of nitrogens with zero attached hydrogens (tertiary/aromatic N) is 1. The van der Waals surface area contributed by atoms with Crippen molar-refractivity contribution in [1.82, 2.24) is 15.5 Å². The number of esters is 2. The van der Waals surface area contributed by atoms with Crippen molar-refractivity contribution in [3.05, 3.63) is 143 Å². The molecule has 15 heteroatoms. The fourth-order valence-electron chi connectivity index (χ4n) is 6.23. The maximum atomic E-state index is 14.3. The van der Waals surface area contributed by atoms with Gasteiger partial charge in [-0.05, 0) is 46.5 Å². The maximum absolute atomic E-state index is 14.3. The molecule has 4 aromatic carbocycles. The molecule has 6 rings (SSSR count). The number of phenolic OH excluding ortho intramolecular Hbond substituents is 1. The zero-order valence-corrected chi connectivity index (χ0v) is 31.4. The highest BCUT2D eigenvalue weighted by Gasteiger charge is 2.67. The molecule has 2 aliphatic rings. The largest absolute Gasteiger partial charge is 0.508 e. The summed E-state index contributed by atoms with van der Waals surface area (Å²) in [6.07, 6.45) is -1.80. The lowest BCUT2D eigenvalue weighted by Crippen LogP contribution is -2.81. The summed E-state index contributed by atoms with van der Waals surface area (Å²) in [6.45, 7) is 0.818. The van der Waals surface area contributed by atoms with Gasteiger partial charge < -0.3 is 39.4 Å². The number of hydrogen-bond acceptors (Lipinski definition) is 12. The fourth-order valence-corrected chi connectivity index (χ4v) is 7.65. The molecule has 0 spiro atoms. The van der Waals surface area contributed by atoms with E-state index >= 15 is 0 Å². The number of rotatable bonds is 14. The molecule has 290 valence electrons. The van der Waals surface area contributed by atoms with Crippen LogP contribution in [0.3, 0.4) is 0 Å². The van der Waals surface area contributed by atoms with Crippen LogP contribution in [-0.2, 0) is 44.7 Å². The van der Waals surface area contributed by atoms with Crippen LogP contribution in [0.1, 0.15) is 41.3 Å². The van der Waals surface area contributed by atoms with Crippen LogP contribution in [0.25, 0.3) is 0 Å². The van der Waals surface area contributed by atoms with Gasteiger partial charge in [0.25, 0.3) is 11.6 Å². The summed E-state index contributed by atoms with van der Waals surface area (Å²) in [5, 5.41) is 14.2. The second-order valence-electron chi connectivity index (χ2n) is 12.7. The molecule has 0 bridgehead atoms. The van der Waals surface area contributed by atoms with Crippen LogP contribution in [0.2, 0.25) is 0 Å². The number of aromatic hydroxyl groups is 1. The SMILES string of the molecule is COc1ccc(COC(=O)NC(C(=O)N[C@]2(OC)C(=O)N3C(C(=O)OC(c4ccccc4)c4ccccc4)=C(COC(C)=O)CS[C@H]32)c2ccc(O)cc2)cc1. The van der Waals surface area contributed by atoms with E-state index in [1.54, 1.807) is 24.3 Å². The first-order chi connectivity index (χ1) is 27.0. The number of amides is 3. The third-order valence-corrected chi connectivity index (χ3v) is 10.5. The van der Waals surface area contributed by atoms with E-state index in [9.17, 15) is 29.1 Å². The van der Waals surface area contributed by atoms with Crippen molar-refractivity contribution in [3.63, 3.8) is 0 Å². The van der Waals surface area contributed by atoms with Gasteiger partial charge in [-0.3, -0.25) is 19.3 Å². The Labute approximate surface area is 326 Å². The van der Waals surface area contributed by atoms with Gasteiger partial charge in [-0.1, -0.05) is 84.9 Å². The van der Waals surface area contributed by atoms with Crippen LogP contribution in [-0.4, -0.2) is 77.5 Å². The zero-order chi connectivity index (χ0) is 39.8. The average molecular weight is 782 g/mol. The molecule has 3 atom stereocenters. The molecular formula is C41H39N3O11S. The molecule has 1 fully saturated rings. The van der Waals surface area contributed by atoms with Gasteiger partial charge in [0.1, 0.15) is 41.8 Å². The standard InChI is InChI=1S/C41H39N3O11S/c1-25(45)53-23-30-24-56-39-41(52-3,38(49)44(39)34(30)37(48)55-35(28-10-6-4-7-11-28)29-12-8-5-9-13-29)43-36(47)33(27-16-18-31(46)19-17-27)42-40(50)54-22-26-14-20-32(51-2)21-15-26/h4-21,33,35,39,46H,22-24H2,1-3H3,(H,42,50)(H,43,47)/t33?,39-,41-/m0/s1. The number of ether oxygens (including phenoxy) is 5. The second-order valence-corrected chi connectivity index (χ2v) is 13.8. The maximum Gasteiger partial charge on any atom is 0.408 e. The summed E-state index contributed by atoms with van der Waals surface area (Å²) in [5.74, 6) is -2.45. The van der Waals surface area contributed by atoms with Gasteiger partial charge in [-0.15, -0.1) is 11.8 Å². The van der Waals surface area contributed by atoms with Crippen molar-refractivity contribution in [3.8, 4) is 11.5 Å². The van der Waals surface area contributed by atoms with Gasteiger partial charge >= 0.3 is 18.0 Å². The number of nitrogens with one attached hydrogen (secondary N) is 2. The molecule has 2 heterocycles. The summed E-state index contributed by atoms with van der Waals surface area (Å²) in [6, 6.07) is 29.1. The molecule has 0 saturated carbocycles. The van der Waals surface area contributed by atoms with E-state index in [0.717, 1.165) is 4.90 Å². The van der Waals surface area contributed by atoms with Crippen LogP contribution in [0, 0.1) is 0 Å². The predicted molar refractivity (Wildman–Crippen MR) is 203 cm³/mol. The van der Waals surface area contributed by atoms with Gasteiger partial charge in [0.2, 0.25) is 5.91 Å². The number of hydrogen-bond donors (Lipinski definition) is 3. The molecular weight excluding hydrogens is 743 g/mol. The second kappa shape index (κ2) is 17.4. The lowest BCUT2D eigenvalue weighted by atomic mass is 9.96. The lowest BCUT2D eigenvalue weighted by Gasteiger charge is -2.56. The molecule has 0 aromatic heterocycles. The lowest BCUT2D eigenvalue weighted by molar-refractivity contribution is -0.193. The van der Waals surface area contributed by atoms with Crippen molar-refractivity contribution in [2.45, 2.75) is 36.8 Å². The summed E-state index contributed by atoms with van der Waals surface area (Å²) < 4.78 is 27.7. The van der Waals surface area contributed by atoms with Crippen LogP contribution >= 0.6 is 11.8 Å². The van der Waals surface area contributed by atoms with Gasteiger partial charge in [0.05, 0.1) is 7.11 Å². The van der Waals surface area contributed by atoms with Gasteiger partial charge in [0, 0.05) is 25.4 Å². The third-order valence-electron chi connectivity index (χ3n) is 9.09. The van der Waals surface area contributed by atoms with Crippen LogP contribution in [0.5, 0.6) is 11.5 Å². The Morgan fingerprint density at radius 1 is 0.839 bits per heavy atom. The van der Waals surface area contributed by atoms with Gasteiger partial charge in [0.15, 0.2) is 6.10 Å². The Kier molecular flexibility index (Phi) is 12.3. The van der Waals surface area contributed by atoms with Crippen LogP contribution in [0.4, 0.5) is 4.79 Å². The number of methoxy groups -OCH3 is 2. The Balaban J connectivity index is 1.26.